The molecule has 1 saturated carbocycles. The van der Waals surface area contributed by atoms with Crippen LogP contribution in [0.2, 0.25) is 0 Å². The zero-order valence-electron chi connectivity index (χ0n) is 7.38. The van der Waals surface area contributed by atoms with Gasteiger partial charge in [-0.25, -0.2) is 0 Å². The van der Waals surface area contributed by atoms with E-state index in [4.69, 9.17) is 0 Å². The second-order valence-electron chi connectivity index (χ2n) is 3.50. The predicted octanol–water partition coefficient (Wildman–Crippen LogP) is 1.89. The van der Waals surface area contributed by atoms with E-state index in [1.807, 2.05) is 0 Å². The monoisotopic (exact) mass is 166 g/mol. The van der Waals surface area contributed by atoms with Crippen LogP contribution in [-0.4, -0.2) is 12.1 Å². The Labute approximate surface area is 72.7 Å². The maximum atomic E-state index is 10.8. The van der Waals surface area contributed by atoms with Crippen LogP contribution in [0.5, 0.6) is 0 Å². The number of aldehydes is 1. The molecular formula is C10H14O2. The van der Waals surface area contributed by atoms with Crippen molar-refractivity contribution in [1.82, 2.24) is 0 Å². The van der Waals surface area contributed by atoms with Crippen LogP contribution in [0.3, 0.4) is 0 Å². The molecule has 1 rings (SSSR count). The van der Waals surface area contributed by atoms with Crippen molar-refractivity contribution in [2.24, 2.45) is 5.41 Å². The van der Waals surface area contributed by atoms with Crippen molar-refractivity contribution in [1.29, 1.82) is 0 Å². The number of ketones is 1. The highest BCUT2D eigenvalue weighted by Gasteiger charge is 2.30. The molecule has 0 amide bonds. The van der Waals surface area contributed by atoms with Gasteiger partial charge in [-0.05, 0) is 25.8 Å². The normalized spacial score (nSPS) is 21.4. The van der Waals surface area contributed by atoms with Crippen LogP contribution in [0.25, 0.3) is 0 Å². The second-order valence-corrected chi connectivity index (χ2v) is 3.50. The average molecular weight is 166 g/mol. The summed E-state index contributed by atoms with van der Waals surface area (Å²) in [6.45, 7) is 1.50. The number of rotatable bonds is 3. The van der Waals surface area contributed by atoms with Crippen LogP contribution in [0, 0.1) is 5.41 Å². The molecule has 0 aromatic heterocycles. The highest BCUT2D eigenvalue weighted by atomic mass is 16.1. The van der Waals surface area contributed by atoms with Gasteiger partial charge in [0.05, 0.1) is 0 Å². The van der Waals surface area contributed by atoms with E-state index >= 15 is 0 Å². The van der Waals surface area contributed by atoms with E-state index in [0.717, 1.165) is 32.0 Å². The lowest BCUT2D eigenvalue weighted by molar-refractivity contribution is -0.113. The molecule has 0 saturated heterocycles. The smallest absolute Gasteiger partial charge is 0.152 e. The SMILES string of the molecule is CC(=O)/C=C/C1(C=O)CCCC1. The number of hydrogen-bond donors (Lipinski definition) is 0. The molecule has 1 fully saturated rings. The number of hydrogen-bond acceptors (Lipinski definition) is 2. The van der Waals surface area contributed by atoms with Crippen molar-refractivity contribution < 1.29 is 9.59 Å². The van der Waals surface area contributed by atoms with E-state index in [-0.39, 0.29) is 11.2 Å². The number of carbonyl (C=O) groups is 2. The molecule has 12 heavy (non-hydrogen) atoms. The fourth-order valence-electron chi connectivity index (χ4n) is 1.64. The first-order valence-corrected chi connectivity index (χ1v) is 4.35. The Bertz CT molecular complexity index is 210. The van der Waals surface area contributed by atoms with Gasteiger partial charge >= 0.3 is 0 Å². The van der Waals surface area contributed by atoms with E-state index in [1.165, 1.54) is 13.0 Å². The highest BCUT2D eigenvalue weighted by Crippen LogP contribution is 2.37. The van der Waals surface area contributed by atoms with Crippen molar-refractivity contribution in [2.75, 3.05) is 0 Å². The lowest BCUT2D eigenvalue weighted by Crippen LogP contribution is -2.14. The molecule has 2 heteroatoms. The third-order valence-electron chi connectivity index (χ3n) is 2.42. The summed E-state index contributed by atoms with van der Waals surface area (Å²) in [6.07, 6.45) is 8.27. The van der Waals surface area contributed by atoms with Crippen molar-refractivity contribution in [3.05, 3.63) is 12.2 Å². The Morgan fingerprint density at radius 3 is 2.33 bits per heavy atom. The lowest BCUT2D eigenvalue weighted by atomic mass is 9.87. The van der Waals surface area contributed by atoms with Gasteiger partial charge in [-0.1, -0.05) is 18.9 Å². The summed E-state index contributed by atoms with van der Waals surface area (Å²) in [5.41, 5.74) is -0.314. The Kier molecular flexibility index (Phi) is 2.79. The number of allylic oxidation sites excluding steroid dienone is 2. The Balaban J connectivity index is 2.67. The molecule has 66 valence electrons. The van der Waals surface area contributed by atoms with Gasteiger partial charge in [0, 0.05) is 5.41 Å². The Hall–Kier alpha value is -0.920. The molecule has 2 nitrogen and oxygen atoms in total. The van der Waals surface area contributed by atoms with Crippen LogP contribution in [0.4, 0.5) is 0 Å². The van der Waals surface area contributed by atoms with Gasteiger partial charge < -0.3 is 4.79 Å². The third-order valence-corrected chi connectivity index (χ3v) is 2.42. The minimum Gasteiger partial charge on any atom is -0.302 e. The largest absolute Gasteiger partial charge is 0.302 e. The fourth-order valence-corrected chi connectivity index (χ4v) is 1.64. The Morgan fingerprint density at radius 1 is 1.33 bits per heavy atom. The first kappa shape index (κ1) is 9.17. The van der Waals surface area contributed by atoms with Gasteiger partial charge in [-0.2, -0.15) is 0 Å². The molecule has 0 atom stereocenters. The van der Waals surface area contributed by atoms with Gasteiger partial charge in [0.2, 0.25) is 0 Å². The number of carbonyl (C=O) groups excluding carboxylic acids is 2. The van der Waals surface area contributed by atoms with Gasteiger partial charge in [0.1, 0.15) is 6.29 Å². The first-order valence-electron chi connectivity index (χ1n) is 4.35. The van der Waals surface area contributed by atoms with E-state index in [1.54, 1.807) is 6.08 Å². The second kappa shape index (κ2) is 3.65. The molecule has 0 spiro atoms. The average Bonchev–Trinajstić information content (AvgIpc) is 2.50. The summed E-state index contributed by atoms with van der Waals surface area (Å²) in [4.78, 5) is 21.4. The van der Waals surface area contributed by atoms with Crippen LogP contribution < -0.4 is 0 Å². The third kappa shape index (κ3) is 2.03. The van der Waals surface area contributed by atoms with Crippen LogP contribution in [0.15, 0.2) is 12.2 Å². The molecular weight excluding hydrogens is 152 g/mol. The van der Waals surface area contributed by atoms with E-state index in [0.29, 0.717) is 0 Å². The van der Waals surface area contributed by atoms with Gasteiger partial charge in [0.15, 0.2) is 5.78 Å². The summed E-state index contributed by atoms with van der Waals surface area (Å²) in [6, 6.07) is 0. The van der Waals surface area contributed by atoms with E-state index < -0.39 is 0 Å². The topological polar surface area (TPSA) is 34.1 Å². The molecule has 0 bridgehead atoms. The standard InChI is InChI=1S/C10H14O2/c1-9(12)4-7-10(8-11)5-2-3-6-10/h4,7-8H,2-3,5-6H2,1H3/b7-4+. The van der Waals surface area contributed by atoms with E-state index in [2.05, 4.69) is 0 Å². The molecule has 0 N–H and O–H groups in total. The summed E-state index contributed by atoms with van der Waals surface area (Å²) in [7, 11) is 0. The van der Waals surface area contributed by atoms with Crippen LogP contribution in [0.1, 0.15) is 32.6 Å². The zero-order valence-corrected chi connectivity index (χ0v) is 7.38. The summed E-state index contributed by atoms with van der Waals surface area (Å²) in [5, 5.41) is 0. The van der Waals surface area contributed by atoms with Crippen molar-refractivity contribution in [3.8, 4) is 0 Å². The minimum atomic E-state index is -0.314. The van der Waals surface area contributed by atoms with Crippen molar-refractivity contribution >= 4 is 12.1 Å². The quantitative estimate of drug-likeness (QED) is 0.474. The maximum absolute atomic E-state index is 10.8. The maximum Gasteiger partial charge on any atom is 0.152 e. The minimum absolute atomic E-state index is 0.0168. The van der Waals surface area contributed by atoms with Crippen molar-refractivity contribution in [3.63, 3.8) is 0 Å². The van der Waals surface area contributed by atoms with Crippen molar-refractivity contribution in [2.45, 2.75) is 32.6 Å². The van der Waals surface area contributed by atoms with E-state index in [9.17, 15) is 9.59 Å². The molecule has 1 aliphatic carbocycles. The molecule has 0 radical (unpaired) electrons. The predicted molar refractivity (Wildman–Crippen MR) is 46.8 cm³/mol. The Morgan fingerprint density at radius 2 is 1.92 bits per heavy atom. The first-order chi connectivity index (χ1) is 5.68. The highest BCUT2D eigenvalue weighted by molar-refractivity contribution is 5.88. The zero-order chi connectivity index (χ0) is 9.03. The summed E-state index contributed by atoms with van der Waals surface area (Å²) >= 11 is 0. The molecule has 0 unspecified atom stereocenters. The molecule has 0 heterocycles. The molecule has 1 aliphatic rings. The van der Waals surface area contributed by atoms with Gasteiger partial charge in [-0.15, -0.1) is 0 Å². The molecule has 0 aromatic rings. The molecule has 0 aliphatic heterocycles. The molecule has 0 aromatic carbocycles. The summed E-state index contributed by atoms with van der Waals surface area (Å²) in [5.74, 6) is 0.0168. The summed E-state index contributed by atoms with van der Waals surface area (Å²) < 4.78 is 0. The van der Waals surface area contributed by atoms with Crippen LogP contribution in [-0.2, 0) is 9.59 Å². The van der Waals surface area contributed by atoms with Gasteiger partial charge in [0.25, 0.3) is 0 Å². The lowest BCUT2D eigenvalue weighted by Gasteiger charge is -2.15. The van der Waals surface area contributed by atoms with Gasteiger partial charge in [-0.3, -0.25) is 4.79 Å². The van der Waals surface area contributed by atoms with Crippen LogP contribution >= 0.6 is 0 Å². The fraction of sp³-hybridized carbons (Fsp3) is 0.600.